The maximum Gasteiger partial charge on any atom is 0.225 e. The van der Waals surface area contributed by atoms with E-state index in [0.717, 1.165) is 25.9 Å². The van der Waals surface area contributed by atoms with Crippen LogP contribution in [0.2, 0.25) is 0 Å². The van der Waals surface area contributed by atoms with E-state index in [1.54, 1.807) is 0 Å². The molecule has 5 nitrogen and oxygen atoms in total. The summed E-state index contributed by atoms with van der Waals surface area (Å²) in [4.78, 5) is 14.3. The van der Waals surface area contributed by atoms with Gasteiger partial charge in [-0.1, -0.05) is 13.8 Å². The zero-order chi connectivity index (χ0) is 14.5. The van der Waals surface area contributed by atoms with E-state index >= 15 is 0 Å². The second-order valence-electron chi connectivity index (χ2n) is 5.26. The number of rotatable bonds is 6. The Morgan fingerprint density at radius 2 is 1.63 bits per heavy atom. The van der Waals surface area contributed by atoms with Gasteiger partial charge in [-0.3, -0.25) is 4.79 Å². The van der Waals surface area contributed by atoms with Gasteiger partial charge in [0, 0.05) is 32.1 Å². The summed E-state index contributed by atoms with van der Waals surface area (Å²) in [7, 11) is -3.11. The van der Waals surface area contributed by atoms with Crippen LogP contribution >= 0.6 is 0 Å². The van der Waals surface area contributed by atoms with Crippen molar-refractivity contribution in [2.24, 2.45) is 5.92 Å². The van der Waals surface area contributed by atoms with Crippen LogP contribution in [-0.4, -0.2) is 56.0 Å². The van der Waals surface area contributed by atoms with Gasteiger partial charge in [0.15, 0.2) is 0 Å². The van der Waals surface area contributed by atoms with Crippen LogP contribution in [0.15, 0.2) is 0 Å². The van der Waals surface area contributed by atoms with Crippen LogP contribution in [-0.2, 0) is 14.8 Å². The zero-order valence-corrected chi connectivity index (χ0v) is 13.1. The first-order valence-corrected chi connectivity index (χ1v) is 8.98. The van der Waals surface area contributed by atoms with Gasteiger partial charge in [0.05, 0.1) is 6.26 Å². The quantitative estimate of drug-likeness (QED) is 0.741. The fourth-order valence-corrected chi connectivity index (χ4v) is 3.44. The van der Waals surface area contributed by atoms with Crippen LogP contribution in [0.25, 0.3) is 0 Å². The highest BCUT2D eigenvalue weighted by atomic mass is 32.2. The van der Waals surface area contributed by atoms with E-state index in [9.17, 15) is 13.2 Å². The van der Waals surface area contributed by atoms with Crippen molar-refractivity contribution >= 4 is 15.9 Å². The van der Waals surface area contributed by atoms with Crippen molar-refractivity contribution in [3.8, 4) is 0 Å². The standard InChI is InChI=1S/C13H26N2O3S/c1-4-8-14(9-5-2)13(16)12-6-10-15(11-7-12)19(3,17)18/h12H,4-11H2,1-3H3. The number of carbonyl (C=O) groups excluding carboxylic acids is 1. The lowest BCUT2D eigenvalue weighted by Crippen LogP contribution is -2.44. The monoisotopic (exact) mass is 290 g/mol. The highest BCUT2D eigenvalue weighted by Gasteiger charge is 2.30. The number of hydrogen-bond acceptors (Lipinski definition) is 3. The second kappa shape index (κ2) is 7.24. The molecule has 0 radical (unpaired) electrons. The van der Waals surface area contributed by atoms with Crippen molar-refractivity contribution in [1.29, 1.82) is 0 Å². The molecular formula is C13H26N2O3S. The molecule has 0 spiro atoms. The highest BCUT2D eigenvalue weighted by molar-refractivity contribution is 7.88. The van der Waals surface area contributed by atoms with Crippen LogP contribution in [0.4, 0.5) is 0 Å². The van der Waals surface area contributed by atoms with E-state index in [4.69, 9.17) is 0 Å². The number of nitrogens with zero attached hydrogens (tertiary/aromatic N) is 2. The van der Waals surface area contributed by atoms with Gasteiger partial charge < -0.3 is 4.90 Å². The molecule has 0 saturated carbocycles. The molecule has 0 unspecified atom stereocenters. The van der Waals surface area contributed by atoms with E-state index in [1.165, 1.54) is 10.6 Å². The Labute approximate surface area is 117 Å². The highest BCUT2D eigenvalue weighted by Crippen LogP contribution is 2.21. The molecule has 0 bridgehead atoms. The molecule has 0 N–H and O–H groups in total. The van der Waals surface area contributed by atoms with Gasteiger partial charge in [0.25, 0.3) is 0 Å². The minimum Gasteiger partial charge on any atom is -0.342 e. The SMILES string of the molecule is CCCN(CCC)C(=O)C1CCN(S(C)(=O)=O)CC1. The third kappa shape index (κ3) is 4.76. The van der Waals surface area contributed by atoms with E-state index in [0.29, 0.717) is 25.9 Å². The molecule has 1 aliphatic rings. The van der Waals surface area contributed by atoms with E-state index in [1.807, 2.05) is 4.90 Å². The Bertz CT molecular complexity index is 381. The van der Waals surface area contributed by atoms with Crippen LogP contribution in [0.5, 0.6) is 0 Å². The Morgan fingerprint density at radius 1 is 1.16 bits per heavy atom. The maximum absolute atomic E-state index is 12.4. The molecule has 0 atom stereocenters. The summed E-state index contributed by atoms with van der Waals surface area (Å²) < 4.78 is 24.3. The molecule has 1 saturated heterocycles. The lowest BCUT2D eigenvalue weighted by Gasteiger charge is -2.33. The van der Waals surface area contributed by atoms with E-state index in [2.05, 4.69) is 13.8 Å². The molecule has 112 valence electrons. The third-order valence-corrected chi connectivity index (χ3v) is 4.87. The number of amides is 1. The summed E-state index contributed by atoms with van der Waals surface area (Å²) in [5.41, 5.74) is 0. The molecule has 0 aliphatic carbocycles. The fraction of sp³-hybridized carbons (Fsp3) is 0.923. The summed E-state index contributed by atoms with van der Waals surface area (Å²) >= 11 is 0. The van der Waals surface area contributed by atoms with Crippen LogP contribution in [0.1, 0.15) is 39.5 Å². The minimum absolute atomic E-state index is 0.00361. The summed E-state index contributed by atoms with van der Waals surface area (Å²) in [6.45, 7) is 6.70. The third-order valence-electron chi connectivity index (χ3n) is 3.57. The predicted octanol–water partition coefficient (Wildman–Crippen LogP) is 1.31. The van der Waals surface area contributed by atoms with Gasteiger partial charge in [0.2, 0.25) is 15.9 Å². The molecule has 0 aromatic heterocycles. The Kier molecular flexibility index (Phi) is 6.26. The molecule has 1 rings (SSSR count). The summed E-state index contributed by atoms with van der Waals surface area (Å²) in [6.07, 6.45) is 4.46. The molecular weight excluding hydrogens is 264 g/mol. The van der Waals surface area contributed by atoms with Crippen LogP contribution < -0.4 is 0 Å². The topological polar surface area (TPSA) is 57.7 Å². The first kappa shape index (κ1) is 16.4. The predicted molar refractivity (Wildman–Crippen MR) is 76.3 cm³/mol. The summed E-state index contributed by atoms with van der Waals surface area (Å²) in [5, 5.41) is 0. The maximum atomic E-state index is 12.4. The van der Waals surface area contributed by atoms with E-state index in [-0.39, 0.29) is 11.8 Å². The van der Waals surface area contributed by atoms with Crippen molar-refractivity contribution in [1.82, 2.24) is 9.21 Å². The molecule has 19 heavy (non-hydrogen) atoms. The Hall–Kier alpha value is -0.620. The first-order valence-electron chi connectivity index (χ1n) is 7.14. The van der Waals surface area contributed by atoms with Gasteiger partial charge >= 0.3 is 0 Å². The lowest BCUT2D eigenvalue weighted by atomic mass is 9.96. The van der Waals surface area contributed by atoms with Gasteiger partial charge in [0.1, 0.15) is 0 Å². The van der Waals surface area contributed by atoms with Crippen LogP contribution in [0, 0.1) is 5.92 Å². The molecule has 6 heteroatoms. The normalized spacial score (nSPS) is 18.5. The molecule has 1 heterocycles. The number of sulfonamides is 1. The van der Waals surface area contributed by atoms with Gasteiger partial charge in [-0.05, 0) is 25.7 Å². The van der Waals surface area contributed by atoms with Gasteiger partial charge in [-0.2, -0.15) is 0 Å². The van der Waals surface area contributed by atoms with E-state index < -0.39 is 10.0 Å². The summed E-state index contributed by atoms with van der Waals surface area (Å²) in [6, 6.07) is 0. The lowest BCUT2D eigenvalue weighted by molar-refractivity contribution is -0.136. The zero-order valence-electron chi connectivity index (χ0n) is 12.3. The molecule has 1 aliphatic heterocycles. The smallest absolute Gasteiger partial charge is 0.225 e. The molecule has 1 amide bonds. The van der Waals surface area contributed by atoms with Gasteiger partial charge in [-0.15, -0.1) is 0 Å². The summed E-state index contributed by atoms with van der Waals surface area (Å²) in [5.74, 6) is 0.202. The van der Waals surface area contributed by atoms with Crippen molar-refractivity contribution in [2.45, 2.75) is 39.5 Å². The van der Waals surface area contributed by atoms with Crippen molar-refractivity contribution in [3.63, 3.8) is 0 Å². The average Bonchev–Trinajstić information content (AvgIpc) is 2.37. The fourth-order valence-electron chi connectivity index (χ4n) is 2.56. The molecule has 0 aromatic carbocycles. The van der Waals surface area contributed by atoms with Crippen LogP contribution in [0.3, 0.4) is 0 Å². The number of carbonyl (C=O) groups is 1. The first-order chi connectivity index (χ1) is 8.90. The minimum atomic E-state index is -3.11. The Morgan fingerprint density at radius 3 is 2.00 bits per heavy atom. The average molecular weight is 290 g/mol. The Balaban J connectivity index is 2.56. The van der Waals surface area contributed by atoms with Crippen molar-refractivity contribution in [3.05, 3.63) is 0 Å². The van der Waals surface area contributed by atoms with Crippen molar-refractivity contribution in [2.75, 3.05) is 32.4 Å². The number of hydrogen-bond donors (Lipinski definition) is 0. The molecule has 1 fully saturated rings. The van der Waals surface area contributed by atoms with Gasteiger partial charge in [-0.25, -0.2) is 12.7 Å². The largest absolute Gasteiger partial charge is 0.342 e. The molecule has 0 aromatic rings. The number of piperidine rings is 1. The second-order valence-corrected chi connectivity index (χ2v) is 7.24. The van der Waals surface area contributed by atoms with Crippen molar-refractivity contribution < 1.29 is 13.2 Å².